The van der Waals surface area contributed by atoms with Gasteiger partial charge in [0.15, 0.2) is 12.3 Å². The molecular formula is C30H32N8O3. The number of allylic oxidation sites excluding steroid dienone is 2. The number of aromatic nitrogens is 4. The van der Waals surface area contributed by atoms with Crippen LogP contribution in [0.5, 0.6) is 5.75 Å². The Hall–Kier alpha value is -4.64. The Labute approximate surface area is 237 Å². The van der Waals surface area contributed by atoms with Crippen molar-refractivity contribution in [2.24, 2.45) is 0 Å². The van der Waals surface area contributed by atoms with Gasteiger partial charge in [-0.05, 0) is 55.8 Å². The molecule has 0 saturated carbocycles. The fraction of sp³-hybridized carbons (Fsp3) is 0.333. The lowest BCUT2D eigenvalue weighted by atomic mass is 10.1. The molecule has 3 aliphatic rings. The van der Waals surface area contributed by atoms with Crippen molar-refractivity contribution in [1.82, 2.24) is 24.2 Å². The van der Waals surface area contributed by atoms with E-state index in [0.29, 0.717) is 47.2 Å². The number of benzene rings is 2. The number of nitrogens with zero attached hydrogens (tertiary/aromatic N) is 7. The molecule has 0 radical (unpaired) electrons. The van der Waals surface area contributed by atoms with Gasteiger partial charge in [0.2, 0.25) is 5.95 Å². The van der Waals surface area contributed by atoms with E-state index in [-0.39, 0.29) is 18.1 Å². The van der Waals surface area contributed by atoms with Crippen molar-refractivity contribution < 1.29 is 9.53 Å². The summed E-state index contributed by atoms with van der Waals surface area (Å²) in [4.78, 5) is 42.0. The van der Waals surface area contributed by atoms with Gasteiger partial charge in [-0.3, -0.25) is 9.59 Å². The number of hydrogen-bond donors (Lipinski definition) is 1. The number of hydrogen-bond acceptors (Lipinski definition) is 8. The molecule has 7 rings (SSSR count). The van der Waals surface area contributed by atoms with E-state index in [1.165, 1.54) is 11.3 Å². The number of rotatable bonds is 2. The fourth-order valence-electron chi connectivity index (χ4n) is 5.81. The van der Waals surface area contributed by atoms with Crippen molar-refractivity contribution in [3.8, 4) is 11.4 Å². The third-order valence-electron chi connectivity index (χ3n) is 8.01. The van der Waals surface area contributed by atoms with Crippen LogP contribution in [-0.2, 0) is 17.9 Å². The van der Waals surface area contributed by atoms with Crippen molar-refractivity contribution in [2.75, 3.05) is 55.5 Å². The Balaban J connectivity index is 1.33. The summed E-state index contributed by atoms with van der Waals surface area (Å²) in [7, 11) is 4.24. The number of nitrogens with one attached hydrogen (secondary N) is 1. The summed E-state index contributed by atoms with van der Waals surface area (Å²) in [6.45, 7) is 3.85. The molecule has 0 unspecified atom stereocenters. The van der Waals surface area contributed by atoms with Crippen molar-refractivity contribution in [1.29, 1.82) is 0 Å². The molecule has 0 saturated heterocycles. The van der Waals surface area contributed by atoms with Gasteiger partial charge >= 0.3 is 0 Å². The Bertz CT molecular complexity index is 1760. The number of likely N-dealkylation sites (N-methyl/N-ethyl adjacent to an activating group) is 2. The highest BCUT2D eigenvalue weighted by atomic mass is 16.5. The third-order valence-corrected chi connectivity index (χ3v) is 8.01. The van der Waals surface area contributed by atoms with E-state index in [2.05, 4.69) is 52.4 Å². The van der Waals surface area contributed by atoms with Crippen LogP contribution >= 0.6 is 0 Å². The SMILES string of the molecule is CN1CCN(C)c2cc(Nc3ncc4c(=O)n5n(c4n3)-c3ccc4c(c3)N(CCC/C=C\C5)C(=O)CO4)ccc2C1. The first kappa shape index (κ1) is 25.3. The van der Waals surface area contributed by atoms with Crippen LogP contribution in [0.4, 0.5) is 23.0 Å². The molecule has 210 valence electrons. The lowest BCUT2D eigenvalue weighted by Crippen LogP contribution is -2.39. The average molecular weight is 553 g/mol. The van der Waals surface area contributed by atoms with E-state index in [1.54, 1.807) is 15.8 Å². The standard InChI is InChI=1S/C30H32N8O3/c1-34-13-14-35(2)24-15-21(8-7-20(24)18-34)32-30-31-17-23-28(33-30)38-22-9-10-26-25(16-22)36(27(39)19-41-26)11-5-3-4-6-12-37(38)29(23)40/h4,6-10,15-17H,3,5,11-14,18-19H2,1-2H3,(H,31,32,33)/b6-4-. The van der Waals surface area contributed by atoms with E-state index < -0.39 is 0 Å². The van der Waals surface area contributed by atoms with Crippen LogP contribution in [0.25, 0.3) is 16.7 Å². The van der Waals surface area contributed by atoms with Crippen molar-refractivity contribution in [2.45, 2.75) is 25.9 Å². The van der Waals surface area contributed by atoms with Crippen LogP contribution in [0.2, 0.25) is 0 Å². The third kappa shape index (κ3) is 4.51. The molecule has 0 aliphatic carbocycles. The Morgan fingerprint density at radius 3 is 2.78 bits per heavy atom. The topological polar surface area (TPSA) is 101 Å². The highest BCUT2D eigenvalue weighted by Crippen LogP contribution is 2.35. The van der Waals surface area contributed by atoms with Gasteiger partial charge < -0.3 is 24.8 Å². The lowest BCUT2D eigenvalue weighted by Gasteiger charge is -2.30. The maximum atomic E-state index is 13.6. The zero-order valence-electron chi connectivity index (χ0n) is 23.2. The molecule has 2 aromatic heterocycles. The maximum absolute atomic E-state index is 13.6. The van der Waals surface area contributed by atoms with Gasteiger partial charge in [0.25, 0.3) is 11.5 Å². The molecule has 2 bridgehead atoms. The molecule has 0 atom stereocenters. The summed E-state index contributed by atoms with van der Waals surface area (Å²) in [5.41, 5.74) is 5.05. The quantitative estimate of drug-likeness (QED) is 0.378. The smallest absolute Gasteiger partial charge is 0.278 e. The highest BCUT2D eigenvalue weighted by molar-refractivity contribution is 5.98. The van der Waals surface area contributed by atoms with Crippen LogP contribution in [-0.4, -0.2) is 70.5 Å². The predicted molar refractivity (Wildman–Crippen MR) is 159 cm³/mol. The number of amides is 1. The second-order valence-corrected chi connectivity index (χ2v) is 10.9. The number of carbonyl (C=O) groups is 1. The number of anilines is 4. The van der Waals surface area contributed by atoms with Gasteiger partial charge in [0.1, 0.15) is 11.1 Å². The van der Waals surface area contributed by atoms with Gasteiger partial charge in [-0.25, -0.2) is 14.3 Å². The summed E-state index contributed by atoms with van der Waals surface area (Å²) in [5.74, 6) is 0.978. The minimum absolute atomic E-state index is 0.0246. The minimum Gasteiger partial charge on any atom is -0.482 e. The molecule has 0 spiro atoms. The molecular weight excluding hydrogens is 520 g/mol. The molecule has 4 aromatic rings. The molecule has 3 aliphatic heterocycles. The lowest BCUT2D eigenvalue weighted by molar-refractivity contribution is -0.121. The van der Waals surface area contributed by atoms with Gasteiger partial charge in [0.05, 0.1) is 17.9 Å². The first-order valence-corrected chi connectivity index (χ1v) is 14.0. The fourth-order valence-corrected chi connectivity index (χ4v) is 5.81. The van der Waals surface area contributed by atoms with Crippen LogP contribution in [0, 0.1) is 0 Å². The van der Waals surface area contributed by atoms with Crippen LogP contribution in [0.15, 0.2) is 59.5 Å². The summed E-state index contributed by atoms with van der Waals surface area (Å²) >= 11 is 0. The summed E-state index contributed by atoms with van der Waals surface area (Å²) in [6.07, 6.45) is 7.25. The molecule has 11 heteroatoms. The maximum Gasteiger partial charge on any atom is 0.278 e. The summed E-state index contributed by atoms with van der Waals surface area (Å²) in [5, 5.41) is 3.78. The van der Waals surface area contributed by atoms with Crippen LogP contribution < -0.4 is 25.4 Å². The normalized spacial score (nSPS) is 18.0. The van der Waals surface area contributed by atoms with Gasteiger partial charge in [-0.15, -0.1) is 0 Å². The highest BCUT2D eigenvalue weighted by Gasteiger charge is 2.27. The monoisotopic (exact) mass is 552 g/mol. The van der Waals surface area contributed by atoms with E-state index in [9.17, 15) is 9.59 Å². The first-order valence-electron chi connectivity index (χ1n) is 14.0. The van der Waals surface area contributed by atoms with Crippen molar-refractivity contribution in [3.63, 3.8) is 0 Å². The van der Waals surface area contributed by atoms with Crippen LogP contribution in [0.1, 0.15) is 18.4 Å². The van der Waals surface area contributed by atoms with E-state index in [4.69, 9.17) is 9.72 Å². The van der Waals surface area contributed by atoms with Crippen LogP contribution in [0.3, 0.4) is 0 Å². The van der Waals surface area contributed by atoms with Gasteiger partial charge in [-0.1, -0.05) is 18.2 Å². The van der Waals surface area contributed by atoms with Crippen molar-refractivity contribution in [3.05, 3.63) is 70.7 Å². The first-order chi connectivity index (χ1) is 20.0. The average Bonchev–Trinajstić information content (AvgIpc) is 3.15. The molecule has 1 N–H and O–H groups in total. The summed E-state index contributed by atoms with van der Waals surface area (Å²) < 4.78 is 9.20. The summed E-state index contributed by atoms with van der Waals surface area (Å²) in [6, 6.07) is 12.0. The van der Waals surface area contributed by atoms with Gasteiger partial charge in [0, 0.05) is 50.8 Å². The number of carbonyl (C=O) groups excluding carboxylic acids is 1. The zero-order chi connectivity index (χ0) is 28.1. The van der Waals surface area contributed by atoms with E-state index in [1.807, 2.05) is 35.0 Å². The second kappa shape index (κ2) is 10.1. The van der Waals surface area contributed by atoms with E-state index >= 15 is 0 Å². The largest absolute Gasteiger partial charge is 0.482 e. The number of ether oxygens (including phenoxy) is 1. The Kier molecular flexibility index (Phi) is 6.23. The molecule has 1 amide bonds. The Morgan fingerprint density at radius 1 is 0.976 bits per heavy atom. The Morgan fingerprint density at radius 2 is 1.88 bits per heavy atom. The van der Waals surface area contributed by atoms with Gasteiger partial charge in [-0.2, -0.15) is 4.98 Å². The van der Waals surface area contributed by atoms with Crippen molar-refractivity contribution >= 4 is 40.0 Å². The predicted octanol–water partition coefficient (Wildman–Crippen LogP) is 3.28. The second-order valence-electron chi connectivity index (χ2n) is 10.9. The minimum atomic E-state index is -0.175. The molecule has 11 nitrogen and oxygen atoms in total. The molecule has 2 aromatic carbocycles. The van der Waals surface area contributed by atoms with E-state index in [0.717, 1.165) is 38.2 Å². The zero-order valence-corrected chi connectivity index (χ0v) is 23.2. The number of fused-ring (bicyclic) bond motifs is 6. The molecule has 41 heavy (non-hydrogen) atoms. The molecule has 5 heterocycles. The molecule has 0 fully saturated rings.